The minimum absolute atomic E-state index is 0.855. The van der Waals surface area contributed by atoms with Crippen molar-refractivity contribution in [1.29, 1.82) is 0 Å². The SMILES string of the molecule is CNCNCCc1ccc(OC)c(C)c1C. The number of hydrogen-bond acceptors (Lipinski definition) is 3. The Kier molecular flexibility index (Phi) is 5.29. The van der Waals surface area contributed by atoms with Crippen LogP contribution in [0.3, 0.4) is 0 Å². The van der Waals surface area contributed by atoms with E-state index >= 15 is 0 Å². The second kappa shape index (κ2) is 6.51. The lowest BCUT2D eigenvalue weighted by Gasteiger charge is -2.12. The summed E-state index contributed by atoms with van der Waals surface area (Å²) in [5, 5.41) is 6.38. The highest BCUT2D eigenvalue weighted by Gasteiger charge is 2.05. The van der Waals surface area contributed by atoms with Gasteiger partial charge in [-0.05, 0) is 50.1 Å². The van der Waals surface area contributed by atoms with Gasteiger partial charge < -0.3 is 15.4 Å². The Labute approximate surface area is 98.2 Å². The van der Waals surface area contributed by atoms with Crippen molar-refractivity contribution in [3.8, 4) is 5.75 Å². The summed E-state index contributed by atoms with van der Waals surface area (Å²) in [5.74, 6) is 0.976. The third-order valence-electron chi connectivity index (χ3n) is 2.94. The summed E-state index contributed by atoms with van der Waals surface area (Å²) in [6.45, 7) is 6.12. The lowest BCUT2D eigenvalue weighted by atomic mass is 10.00. The van der Waals surface area contributed by atoms with Gasteiger partial charge in [-0.25, -0.2) is 0 Å². The standard InChI is InChI=1S/C13H22N2O/c1-10-11(2)13(16-4)6-5-12(10)7-8-15-9-14-3/h5-6,14-15H,7-9H2,1-4H3. The van der Waals surface area contributed by atoms with Crippen LogP contribution in [0.15, 0.2) is 12.1 Å². The molecule has 1 rings (SSSR count). The molecular formula is C13H22N2O. The molecule has 0 aliphatic rings. The van der Waals surface area contributed by atoms with Gasteiger partial charge in [-0.2, -0.15) is 0 Å². The zero-order valence-electron chi connectivity index (χ0n) is 10.7. The molecule has 0 amide bonds. The summed E-state index contributed by atoms with van der Waals surface area (Å²) < 4.78 is 5.30. The smallest absolute Gasteiger partial charge is 0.122 e. The maximum Gasteiger partial charge on any atom is 0.122 e. The van der Waals surface area contributed by atoms with E-state index in [1.807, 2.05) is 7.05 Å². The zero-order valence-corrected chi connectivity index (χ0v) is 10.7. The molecule has 0 atom stereocenters. The topological polar surface area (TPSA) is 33.3 Å². The minimum Gasteiger partial charge on any atom is -0.496 e. The van der Waals surface area contributed by atoms with E-state index < -0.39 is 0 Å². The Morgan fingerprint density at radius 1 is 1.19 bits per heavy atom. The van der Waals surface area contributed by atoms with E-state index in [2.05, 4.69) is 36.6 Å². The Bertz CT molecular complexity index is 337. The molecule has 3 heteroatoms. The second-order valence-corrected chi connectivity index (χ2v) is 3.96. The summed E-state index contributed by atoms with van der Waals surface area (Å²) in [5.41, 5.74) is 3.97. The molecule has 0 spiro atoms. The Balaban J connectivity index is 2.64. The maximum absolute atomic E-state index is 5.30. The van der Waals surface area contributed by atoms with Gasteiger partial charge in [0.2, 0.25) is 0 Å². The molecule has 0 saturated heterocycles. The number of methoxy groups -OCH3 is 1. The molecular weight excluding hydrogens is 200 g/mol. The van der Waals surface area contributed by atoms with Gasteiger partial charge in [0, 0.05) is 13.2 Å². The minimum atomic E-state index is 0.855. The van der Waals surface area contributed by atoms with Crippen molar-refractivity contribution in [2.24, 2.45) is 0 Å². The van der Waals surface area contributed by atoms with Gasteiger partial charge in [0.1, 0.15) is 5.75 Å². The Morgan fingerprint density at radius 3 is 2.56 bits per heavy atom. The van der Waals surface area contributed by atoms with Crippen molar-refractivity contribution in [2.75, 3.05) is 27.4 Å². The fourth-order valence-electron chi connectivity index (χ4n) is 1.78. The second-order valence-electron chi connectivity index (χ2n) is 3.96. The fourth-order valence-corrected chi connectivity index (χ4v) is 1.78. The fraction of sp³-hybridized carbons (Fsp3) is 0.538. The molecule has 0 bridgehead atoms. The van der Waals surface area contributed by atoms with E-state index in [0.717, 1.165) is 25.4 Å². The largest absolute Gasteiger partial charge is 0.496 e. The van der Waals surface area contributed by atoms with E-state index in [1.165, 1.54) is 16.7 Å². The van der Waals surface area contributed by atoms with Crippen LogP contribution in [0.4, 0.5) is 0 Å². The molecule has 0 unspecified atom stereocenters. The van der Waals surface area contributed by atoms with E-state index in [4.69, 9.17) is 4.74 Å². The summed E-state index contributed by atoms with van der Waals surface area (Å²) in [7, 11) is 3.66. The highest BCUT2D eigenvalue weighted by atomic mass is 16.5. The highest BCUT2D eigenvalue weighted by Crippen LogP contribution is 2.23. The molecule has 0 aromatic heterocycles. The zero-order chi connectivity index (χ0) is 12.0. The van der Waals surface area contributed by atoms with E-state index in [9.17, 15) is 0 Å². The number of ether oxygens (including phenoxy) is 1. The molecule has 0 aliphatic carbocycles. The quantitative estimate of drug-likeness (QED) is 0.567. The van der Waals surface area contributed by atoms with Gasteiger partial charge in [-0.3, -0.25) is 0 Å². The van der Waals surface area contributed by atoms with Crippen LogP contribution in [0.1, 0.15) is 16.7 Å². The van der Waals surface area contributed by atoms with Crippen LogP contribution < -0.4 is 15.4 Å². The lowest BCUT2D eigenvalue weighted by molar-refractivity contribution is 0.411. The van der Waals surface area contributed by atoms with Crippen LogP contribution in [-0.4, -0.2) is 27.4 Å². The average Bonchev–Trinajstić information content (AvgIpc) is 2.30. The van der Waals surface area contributed by atoms with Gasteiger partial charge in [0.25, 0.3) is 0 Å². The van der Waals surface area contributed by atoms with Crippen molar-refractivity contribution in [1.82, 2.24) is 10.6 Å². The number of nitrogens with one attached hydrogen (secondary N) is 2. The van der Waals surface area contributed by atoms with Crippen molar-refractivity contribution in [3.63, 3.8) is 0 Å². The van der Waals surface area contributed by atoms with Crippen LogP contribution in [0.2, 0.25) is 0 Å². The van der Waals surface area contributed by atoms with E-state index in [-0.39, 0.29) is 0 Å². The normalized spacial score (nSPS) is 10.5. The number of rotatable bonds is 6. The first kappa shape index (κ1) is 13.0. The van der Waals surface area contributed by atoms with Gasteiger partial charge >= 0.3 is 0 Å². The molecule has 2 N–H and O–H groups in total. The molecule has 90 valence electrons. The first-order valence-electron chi connectivity index (χ1n) is 5.69. The molecule has 1 aromatic rings. The summed E-state index contributed by atoms with van der Waals surface area (Å²) in [6, 6.07) is 4.21. The van der Waals surface area contributed by atoms with Gasteiger partial charge in [-0.15, -0.1) is 0 Å². The first-order valence-corrected chi connectivity index (χ1v) is 5.69. The summed E-state index contributed by atoms with van der Waals surface area (Å²) >= 11 is 0. The highest BCUT2D eigenvalue weighted by molar-refractivity contribution is 5.43. The Morgan fingerprint density at radius 2 is 1.94 bits per heavy atom. The van der Waals surface area contributed by atoms with Gasteiger partial charge in [0.05, 0.1) is 7.11 Å². The summed E-state index contributed by atoms with van der Waals surface area (Å²) in [6.07, 6.45) is 1.05. The average molecular weight is 222 g/mol. The molecule has 3 nitrogen and oxygen atoms in total. The van der Waals surface area contributed by atoms with E-state index in [0.29, 0.717) is 0 Å². The van der Waals surface area contributed by atoms with E-state index in [1.54, 1.807) is 7.11 Å². The molecule has 1 aromatic carbocycles. The van der Waals surface area contributed by atoms with Crippen LogP contribution in [0.25, 0.3) is 0 Å². The molecule has 16 heavy (non-hydrogen) atoms. The third kappa shape index (κ3) is 3.22. The Hall–Kier alpha value is -1.06. The van der Waals surface area contributed by atoms with Crippen molar-refractivity contribution in [2.45, 2.75) is 20.3 Å². The molecule has 0 saturated carbocycles. The van der Waals surface area contributed by atoms with Crippen molar-refractivity contribution < 1.29 is 4.74 Å². The van der Waals surface area contributed by atoms with Gasteiger partial charge in [-0.1, -0.05) is 6.07 Å². The van der Waals surface area contributed by atoms with Crippen LogP contribution in [-0.2, 0) is 6.42 Å². The number of hydrogen-bond donors (Lipinski definition) is 2. The lowest BCUT2D eigenvalue weighted by Crippen LogP contribution is -2.27. The first-order chi connectivity index (χ1) is 7.70. The predicted octanol–water partition coefficient (Wildman–Crippen LogP) is 1.62. The van der Waals surface area contributed by atoms with Crippen LogP contribution >= 0.6 is 0 Å². The predicted molar refractivity (Wildman–Crippen MR) is 68.1 cm³/mol. The molecule has 0 aliphatic heterocycles. The summed E-state index contributed by atoms with van der Waals surface area (Å²) in [4.78, 5) is 0. The monoisotopic (exact) mass is 222 g/mol. The maximum atomic E-state index is 5.30. The van der Waals surface area contributed by atoms with Crippen molar-refractivity contribution in [3.05, 3.63) is 28.8 Å². The molecule has 0 fully saturated rings. The van der Waals surface area contributed by atoms with Gasteiger partial charge in [0.15, 0.2) is 0 Å². The van der Waals surface area contributed by atoms with Crippen LogP contribution in [0.5, 0.6) is 5.75 Å². The third-order valence-corrected chi connectivity index (χ3v) is 2.94. The number of benzene rings is 1. The van der Waals surface area contributed by atoms with Crippen LogP contribution in [0, 0.1) is 13.8 Å². The molecule has 0 heterocycles. The molecule has 0 radical (unpaired) electrons. The van der Waals surface area contributed by atoms with Crippen molar-refractivity contribution >= 4 is 0 Å².